The van der Waals surface area contributed by atoms with Crippen molar-refractivity contribution in [3.8, 4) is 5.69 Å². The van der Waals surface area contributed by atoms with Gasteiger partial charge in [0.2, 0.25) is 5.91 Å². The molecule has 10 nitrogen and oxygen atoms in total. The molecule has 182 valence electrons. The summed E-state index contributed by atoms with van der Waals surface area (Å²) in [6.07, 6.45) is 2.12. The minimum Gasteiger partial charge on any atom is -0.379 e. The van der Waals surface area contributed by atoms with E-state index in [9.17, 15) is 18.0 Å². The van der Waals surface area contributed by atoms with Crippen LogP contribution in [0.5, 0.6) is 0 Å². The van der Waals surface area contributed by atoms with Gasteiger partial charge >= 0.3 is 0 Å². The first-order valence-corrected chi connectivity index (χ1v) is 13.0. The first-order valence-electron chi connectivity index (χ1n) is 11.4. The average Bonchev–Trinajstić information content (AvgIpc) is 3.17. The molecule has 2 aromatic carbocycles. The molecule has 35 heavy (non-hydrogen) atoms. The van der Waals surface area contributed by atoms with Crippen LogP contribution < -0.4 is 0 Å². The van der Waals surface area contributed by atoms with E-state index in [1.165, 1.54) is 0 Å². The highest BCUT2D eigenvalue weighted by atomic mass is 32.2. The second kappa shape index (κ2) is 9.59. The fourth-order valence-electron chi connectivity index (χ4n) is 4.25. The van der Waals surface area contributed by atoms with Crippen molar-refractivity contribution in [2.24, 2.45) is 0 Å². The number of nitrogens with zero attached hydrogens (tertiary/aromatic N) is 5. The van der Waals surface area contributed by atoms with Gasteiger partial charge in [-0.15, -0.1) is 5.10 Å². The highest BCUT2D eigenvalue weighted by Crippen LogP contribution is 2.24. The maximum atomic E-state index is 13.2. The van der Waals surface area contributed by atoms with Crippen LogP contribution in [0, 0.1) is 0 Å². The zero-order valence-corrected chi connectivity index (χ0v) is 19.9. The molecule has 0 N–H and O–H groups in total. The number of amides is 2. The lowest BCUT2D eigenvalue weighted by molar-refractivity contribution is -0.131. The largest absolute Gasteiger partial charge is 0.379 e. The van der Waals surface area contributed by atoms with E-state index in [1.807, 2.05) is 0 Å². The number of aromatic nitrogens is 3. The molecule has 2 amide bonds. The van der Waals surface area contributed by atoms with Gasteiger partial charge in [-0.25, -0.2) is 13.1 Å². The maximum absolute atomic E-state index is 13.2. The summed E-state index contributed by atoms with van der Waals surface area (Å²) < 4.78 is 32.1. The molecule has 11 heteroatoms. The van der Waals surface area contributed by atoms with Gasteiger partial charge < -0.3 is 14.5 Å². The highest BCUT2D eigenvalue weighted by Gasteiger charge is 2.28. The molecular weight excluding hydrogens is 470 g/mol. The summed E-state index contributed by atoms with van der Waals surface area (Å²) in [6.45, 7) is 2.19. The van der Waals surface area contributed by atoms with Gasteiger partial charge in [0.1, 0.15) is 5.69 Å². The Labute approximate surface area is 203 Å². The first kappa shape index (κ1) is 23.2. The van der Waals surface area contributed by atoms with E-state index in [4.69, 9.17) is 4.74 Å². The van der Waals surface area contributed by atoms with Crippen LogP contribution in [0.4, 0.5) is 0 Å². The van der Waals surface area contributed by atoms with Crippen molar-refractivity contribution in [2.45, 2.75) is 24.4 Å². The molecule has 1 saturated heterocycles. The SMILES string of the molecule is O=C1CCOCCN1Cc1cn(-c2ccc(C(=O)N3CCS(=O)(=O)c4ccccc4C3)cc2)nn1. The monoisotopic (exact) mass is 495 g/mol. The summed E-state index contributed by atoms with van der Waals surface area (Å²) in [5.41, 5.74) is 2.46. The molecule has 0 aliphatic carbocycles. The smallest absolute Gasteiger partial charge is 0.254 e. The number of sulfone groups is 1. The molecule has 2 aliphatic heterocycles. The van der Waals surface area contributed by atoms with E-state index in [0.29, 0.717) is 54.4 Å². The standard InChI is InChI=1S/C24H25N5O5S/c30-23-9-12-34-13-10-27(23)16-20-17-29(26-25-20)21-7-5-18(6-8-21)24(31)28-11-14-35(32,33)22-4-2-1-3-19(22)15-28/h1-8,17H,9-16H2. The lowest BCUT2D eigenvalue weighted by Crippen LogP contribution is -2.32. The molecule has 0 atom stereocenters. The number of benzene rings is 2. The van der Waals surface area contributed by atoms with E-state index in [-0.39, 0.29) is 30.7 Å². The fourth-order valence-corrected chi connectivity index (χ4v) is 5.75. The molecule has 2 aliphatic rings. The van der Waals surface area contributed by atoms with Gasteiger partial charge in [0.25, 0.3) is 5.91 Å². The van der Waals surface area contributed by atoms with E-state index in [1.54, 1.807) is 69.2 Å². The number of hydrogen-bond donors (Lipinski definition) is 0. The van der Waals surface area contributed by atoms with Crippen LogP contribution >= 0.6 is 0 Å². The maximum Gasteiger partial charge on any atom is 0.254 e. The fraction of sp³-hybridized carbons (Fsp3) is 0.333. The Morgan fingerprint density at radius 3 is 2.66 bits per heavy atom. The van der Waals surface area contributed by atoms with Crippen molar-refractivity contribution >= 4 is 21.7 Å². The van der Waals surface area contributed by atoms with Gasteiger partial charge in [-0.2, -0.15) is 0 Å². The summed E-state index contributed by atoms with van der Waals surface area (Å²) in [5, 5.41) is 8.33. The van der Waals surface area contributed by atoms with Crippen molar-refractivity contribution < 1.29 is 22.7 Å². The Morgan fingerprint density at radius 1 is 1.03 bits per heavy atom. The lowest BCUT2D eigenvalue weighted by atomic mass is 10.1. The van der Waals surface area contributed by atoms with E-state index < -0.39 is 9.84 Å². The van der Waals surface area contributed by atoms with E-state index >= 15 is 0 Å². The molecule has 1 fully saturated rings. The molecule has 0 saturated carbocycles. The molecule has 3 aromatic rings. The van der Waals surface area contributed by atoms with Crippen LogP contribution in [0.15, 0.2) is 59.6 Å². The molecule has 0 spiro atoms. The lowest BCUT2D eigenvalue weighted by Gasteiger charge is -2.20. The van der Waals surface area contributed by atoms with Gasteiger partial charge in [0, 0.05) is 25.2 Å². The van der Waals surface area contributed by atoms with Crippen molar-refractivity contribution in [1.29, 1.82) is 0 Å². The topological polar surface area (TPSA) is 115 Å². The van der Waals surface area contributed by atoms with Crippen LogP contribution in [0.1, 0.15) is 28.0 Å². The van der Waals surface area contributed by atoms with Crippen LogP contribution in [0.3, 0.4) is 0 Å². The average molecular weight is 496 g/mol. The molecule has 3 heterocycles. The van der Waals surface area contributed by atoms with Gasteiger partial charge in [-0.3, -0.25) is 9.59 Å². The zero-order chi connectivity index (χ0) is 24.4. The van der Waals surface area contributed by atoms with Crippen molar-refractivity contribution in [2.75, 3.05) is 32.1 Å². The van der Waals surface area contributed by atoms with E-state index in [0.717, 1.165) is 5.69 Å². The van der Waals surface area contributed by atoms with Crippen LogP contribution in [-0.4, -0.2) is 77.1 Å². The third-order valence-corrected chi connectivity index (χ3v) is 7.97. The third-order valence-electron chi connectivity index (χ3n) is 6.18. The van der Waals surface area contributed by atoms with Crippen LogP contribution in [-0.2, 0) is 32.5 Å². The summed E-state index contributed by atoms with van der Waals surface area (Å²) in [5.74, 6) is -0.310. The summed E-state index contributed by atoms with van der Waals surface area (Å²) in [6, 6.07) is 13.7. The van der Waals surface area contributed by atoms with Crippen molar-refractivity contribution in [1.82, 2.24) is 24.8 Å². The number of carbonyl (C=O) groups excluding carboxylic acids is 2. The molecule has 5 rings (SSSR count). The summed E-state index contributed by atoms with van der Waals surface area (Å²) >= 11 is 0. The molecule has 0 radical (unpaired) electrons. The normalized spacial score (nSPS) is 18.0. The first-order chi connectivity index (χ1) is 16.9. The summed E-state index contributed by atoms with van der Waals surface area (Å²) in [7, 11) is -3.43. The number of hydrogen-bond acceptors (Lipinski definition) is 7. The quantitative estimate of drug-likeness (QED) is 0.538. The van der Waals surface area contributed by atoms with Crippen molar-refractivity contribution in [3.63, 3.8) is 0 Å². The second-order valence-corrected chi connectivity index (χ2v) is 10.6. The third kappa shape index (κ3) is 4.96. The predicted octanol–water partition coefficient (Wildman–Crippen LogP) is 1.45. The number of ether oxygens (including phenoxy) is 1. The second-order valence-electron chi connectivity index (χ2n) is 8.53. The van der Waals surface area contributed by atoms with Gasteiger partial charge in [0.15, 0.2) is 9.84 Å². The Bertz CT molecular complexity index is 1350. The number of carbonyl (C=O) groups is 2. The summed E-state index contributed by atoms with van der Waals surface area (Å²) in [4.78, 5) is 28.9. The molecule has 1 aromatic heterocycles. The number of rotatable bonds is 4. The van der Waals surface area contributed by atoms with Gasteiger partial charge in [-0.05, 0) is 35.9 Å². The van der Waals surface area contributed by atoms with Gasteiger partial charge in [0.05, 0.1) is 48.7 Å². The molecule has 0 unspecified atom stereocenters. The van der Waals surface area contributed by atoms with Gasteiger partial charge in [-0.1, -0.05) is 23.4 Å². The zero-order valence-electron chi connectivity index (χ0n) is 19.0. The highest BCUT2D eigenvalue weighted by molar-refractivity contribution is 7.91. The Morgan fingerprint density at radius 2 is 1.83 bits per heavy atom. The molecular formula is C24H25N5O5S. The van der Waals surface area contributed by atoms with E-state index in [2.05, 4.69) is 10.3 Å². The predicted molar refractivity (Wildman–Crippen MR) is 125 cm³/mol. The molecule has 0 bridgehead atoms. The Balaban J connectivity index is 1.29. The number of fused-ring (bicyclic) bond motifs is 1. The van der Waals surface area contributed by atoms with Crippen LogP contribution in [0.2, 0.25) is 0 Å². The van der Waals surface area contributed by atoms with Crippen molar-refractivity contribution in [3.05, 3.63) is 71.5 Å². The Hall–Kier alpha value is -3.57. The minimum atomic E-state index is -3.43. The van der Waals surface area contributed by atoms with Crippen LogP contribution in [0.25, 0.3) is 5.69 Å². The minimum absolute atomic E-state index is 0.0313. The Kier molecular flexibility index (Phi) is 6.35.